The second-order valence-electron chi connectivity index (χ2n) is 7.17. The Morgan fingerprint density at radius 1 is 1.21 bits per heavy atom. The highest BCUT2D eigenvalue weighted by atomic mass is 35.5. The lowest BCUT2D eigenvalue weighted by molar-refractivity contribution is 0.0977. The summed E-state index contributed by atoms with van der Waals surface area (Å²) < 4.78 is 43.7. The molecule has 0 spiro atoms. The molecule has 0 bridgehead atoms. The van der Waals surface area contributed by atoms with E-state index in [4.69, 9.17) is 27.9 Å². The Morgan fingerprint density at radius 3 is 2.39 bits per heavy atom. The van der Waals surface area contributed by atoms with Crippen LogP contribution in [0.25, 0.3) is 0 Å². The van der Waals surface area contributed by atoms with E-state index in [1.165, 1.54) is 6.20 Å². The first-order valence-electron chi connectivity index (χ1n) is 8.07. The van der Waals surface area contributed by atoms with E-state index >= 15 is 0 Å². The Labute approximate surface area is 173 Å². The zero-order chi connectivity index (χ0) is 21.3. The molecule has 1 aromatic carbocycles. The third-order valence-electron chi connectivity index (χ3n) is 3.58. The molecule has 1 amide bonds. The normalized spacial score (nSPS) is 12.0. The minimum Gasteiger partial charge on any atom is -0.487 e. The summed E-state index contributed by atoms with van der Waals surface area (Å²) in [5.41, 5.74) is 0.265. The number of carbonyl (C=O) groups is 1. The van der Waals surface area contributed by atoms with Crippen LogP contribution in [-0.4, -0.2) is 25.6 Å². The number of hydrogen-bond donors (Lipinski definition) is 1. The average Bonchev–Trinajstić information content (AvgIpc) is 2.52. The Balaban J connectivity index is 2.19. The van der Waals surface area contributed by atoms with Crippen molar-refractivity contribution in [3.8, 4) is 5.75 Å². The number of amides is 1. The summed E-state index contributed by atoms with van der Waals surface area (Å²) in [5, 5.41) is 0.487. The number of nitrogens with one attached hydrogen (secondary N) is 1. The van der Waals surface area contributed by atoms with Crippen LogP contribution in [0, 0.1) is 5.82 Å². The molecule has 152 valence electrons. The number of nitrogens with zero attached hydrogens (tertiary/aromatic N) is 1. The van der Waals surface area contributed by atoms with Gasteiger partial charge in [-0.25, -0.2) is 17.5 Å². The molecule has 1 heterocycles. The molecule has 2 aromatic rings. The van der Waals surface area contributed by atoms with E-state index in [1.54, 1.807) is 10.8 Å². The Morgan fingerprint density at radius 2 is 1.86 bits per heavy atom. The number of pyridine rings is 1. The Kier molecular flexibility index (Phi) is 6.58. The fourth-order valence-electron chi connectivity index (χ4n) is 2.31. The van der Waals surface area contributed by atoms with E-state index in [0.29, 0.717) is 16.5 Å². The van der Waals surface area contributed by atoms with Crippen molar-refractivity contribution < 1.29 is 22.3 Å². The number of ether oxygens (including phenoxy) is 1. The Hall–Kier alpha value is -1.90. The summed E-state index contributed by atoms with van der Waals surface area (Å²) in [7, 11) is -3.83. The van der Waals surface area contributed by atoms with E-state index in [-0.39, 0.29) is 22.6 Å². The molecule has 28 heavy (non-hydrogen) atoms. The molecule has 0 fully saturated rings. The molecule has 0 saturated carbocycles. The number of halogens is 3. The molecular weight excluding hydrogens is 430 g/mol. The number of benzene rings is 1. The average molecular weight is 449 g/mol. The summed E-state index contributed by atoms with van der Waals surface area (Å²) in [4.78, 5) is 16.1. The maximum absolute atomic E-state index is 14.2. The topological polar surface area (TPSA) is 85.4 Å². The van der Waals surface area contributed by atoms with Gasteiger partial charge in [0.25, 0.3) is 5.91 Å². The molecule has 1 aromatic heterocycles. The van der Waals surface area contributed by atoms with Gasteiger partial charge >= 0.3 is 0 Å². The van der Waals surface area contributed by atoms with Crippen LogP contribution in [0.5, 0.6) is 5.75 Å². The predicted octanol–water partition coefficient (Wildman–Crippen LogP) is 4.09. The van der Waals surface area contributed by atoms with Gasteiger partial charge in [-0.3, -0.25) is 9.78 Å². The second kappa shape index (κ2) is 8.23. The highest BCUT2D eigenvalue weighted by molar-refractivity contribution is 7.89. The SMILES string of the molecule is CC(C)(C)c1ncc(OCc2cc(F)c(C(=O)NS(C)(=O)=O)cc2Cl)cc1Cl. The first-order valence-corrected chi connectivity index (χ1v) is 10.7. The summed E-state index contributed by atoms with van der Waals surface area (Å²) in [6.07, 6.45) is 2.29. The van der Waals surface area contributed by atoms with Crippen molar-refractivity contribution in [1.29, 1.82) is 0 Å². The summed E-state index contributed by atoms with van der Waals surface area (Å²) in [6, 6.07) is 3.66. The largest absolute Gasteiger partial charge is 0.487 e. The molecule has 0 radical (unpaired) electrons. The van der Waals surface area contributed by atoms with Crippen LogP contribution in [-0.2, 0) is 22.0 Å². The van der Waals surface area contributed by atoms with Gasteiger partial charge in [0, 0.05) is 22.1 Å². The fourth-order valence-corrected chi connectivity index (χ4v) is 3.41. The van der Waals surface area contributed by atoms with Crippen LogP contribution >= 0.6 is 23.2 Å². The summed E-state index contributed by atoms with van der Waals surface area (Å²) >= 11 is 12.3. The quantitative estimate of drug-likeness (QED) is 0.743. The van der Waals surface area contributed by atoms with Gasteiger partial charge in [0.05, 0.1) is 28.7 Å². The van der Waals surface area contributed by atoms with Gasteiger partial charge in [-0.05, 0) is 12.1 Å². The van der Waals surface area contributed by atoms with Gasteiger partial charge in [-0.2, -0.15) is 0 Å². The third kappa shape index (κ3) is 5.80. The van der Waals surface area contributed by atoms with Crippen molar-refractivity contribution in [2.75, 3.05) is 6.26 Å². The molecule has 10 heteroatoms. The van der Waals surface area contributed by atoms with Crippen LogP contribution in [0.15, 0.2) is 24.4 Å². The molecule has 0 aliphatic carbocycles. The van der Waals surface area contributed by atoms with Crippen molar-refractivity contribution in [3.63, 3.8) is 0 Å². The second-order valence-corrected chi connectivity index (χ2v) is 9.73. The smallest absolute Gasteiger partial charge is 0.267 e. The van der Waals surface area contributed by atoms with E-state index in [9.17, 15) is 17.6 Å². The number of aromatic nitrogens is 1. The standard InChI is InChI=1S/C18H19Cl2FN2O4S/c1-18(2,3)16-14(20)6-11(8-22-16)27-9-10-5-15(21)12(7-13(10)19)17(24)23-28(4,25)26/h5-8H,9H2,1-4H3,(H,23,24). The molecule has 0 aliphatic rings. The van der Waals surface area contributed by atoms with Crippen LogP contribution in [0.4, 0.5) is 4.39 Å². The summed E-state index contributed by atoms with van der Waals surface area (Å²) in [6.45, 7) is 5.83. The van der Waals surface area contributed by atoms with Gasteiger partial charge in [0.2, 0.25) is 10.0 Å². The van der Waals surface area contributed by atoms with Crippen molar-refractivity contribution >= 4 is 39.1 Å². The first-order chi connectivity index (χ1) is 12.8. The monoisotopic (exact) mass is 448 g/mol. The maximum atomic E-state index is 14.2. The lowest BCUT2D eigenvalue weighted by Crippen LogP contribution is -2.30. The predicted molar refractivity (Wildman–Crippen MR) is 106 cm³/mol. The molecule has 0 aliphatic heterocycles. The number of hydrogen-bond acceptors (Lipinski definition) is 5. The molecule has 2 rings (SSSR count). The van der Waals surface area contributed by atoms with Gasteiger partial charge in [-0.1, -0.05) is 44.0 Å². The minimum atomic E-state index is -3.83. The van der Waals surface area contributed by atoms with E-state index < -0.39 is 27.3 Å². The number of sulfonamides is 1. The van der Waals surface area contributed by atoms with Gasteiger partial charge in [0.15, 0.2) is 0 Å². The molecule has 0 atom stereocenters. The lowest BCUT2D eigenvalue weighted by atomic mass is 9.91. The number of rotatable bonds is 5. The van der Waals surface area contributed by atoms with E-state index in [2.05, 4.69) is 4.98 Å². The third-order valence-corrected chi connectivity index (χ3v) is 4.78. The molecule has 0 saturated heterocycles. The lowest BCUT2D eigenvalue weighted by Gasteiger charge is -2.19. The maximum Gasteiger partial charge on any atom is 0.267 e. The van der Waals surface area contributed by atoms with Crippen molar-refractivity contribution in [3.05, 3.63) is 57.1 Å². The van der Waals surface area contributed by atoms with Crippen molar-refractivity contribution in [2.24, 2.45) is 0 Å². The molecule has 6 nitrogen and oxygen atoms in total. The van der Waals surface area contributed by atoms with Gasteiger partial charge in [0.1, 0.15) is 18.2 Å². The van der Waals surface area contributed by atoms with Crippen LogP contribution in [0.3, 0.4) is 0 Å². The molecular formula is C18H19Cl2FN2O4S. The number of carbonyl (C=O) groups excluding carboxylic acids is 1. The molecule has 0 unspecified atom stereocenters. The fraction of sp³-hybridized carbons (Fsp3) is 0.333. The Bertz CT molecular complexity index is 1020. The molecule has 1 N–H and O–H groups in total. The van der Waals surface area contributed by atoms with Crippen LogP contribution in [0.1, 0.15) is 42.4 Å². The zero-order valence-corrected chi connectivity index (χ0v) is 18.0. The van der Waals surface area contributed by atoms with Crippen LogP contribution < -0.4 is 9.46 Å². The summed E-state index contributed by atoms with van der Waals surface area (Å²) in [5.74, 6) is -1.67. The first kappa shape index (κ1) is 22.4. The van der Waals surface area contributed by atoms with Crippen molar-refractivity contribution in [2.45, 2.75) is 32.8 Å². The van der Waals surface area contributed by atoms with E-state index in [0.717, 1.165) is 18.4 Å². The van der Waals surface area contributed by atoms with Gasteiger partial charge < -0.3 is 4.74 Å². The van der Waals surface area contributed by atoms with E-state index in [1.807, 2.05) is 20.8 Å². The van der Waals surface area contributed by atoms with Crippen LogP contribution in [0.2, 0.25) is 10.0 Å². The minimum absolute atomic E-state index is 0.0467. The van der Waals surface area contributed by atoms with Gasteiger partial charge in [-0.15, -0.1) is 0 Å². The highest BCUT2D eigenvalue weighted by Crippen LogP contribution is 2.30. The van der Waals surface area contributed by atoms with Crippen molar-refractivity contribution in [1.82, 2.24) is 9.71 Å². The zero-order valence-electron chi connectivity index (χ0n) is 15.6. The highest BCUT2D eigenvalue weighted by Gasteiger charge is 2.20.